The second-order valence-electron chi connectivity index (χ2n) is 4.25. The lowest BCUT2D eigenvalue weighted by molar-refractivity contribution is -0.138. The molecule has 3 nitrogen and oxygen atoms in total. The summed E-state index contributed by atoms with van der Waals surface area (Å²) in [7, 11) is 0. The van der Waals surface area contributed by atoms with Crippen molar-refractivity contribution in [3.05, 3.63) is 20.8 Å². The van der Waals surface area contributed by atoms with E-state index in [1.165, 1.54) is 4.88 Å². The SMILES string of the molecule is C[C@H]1CN(C(=O)CCc2cc(Br)cs2)CCO1. The molecule has 94 valence electrons. The maximum atomic E-state index is 12.0. The Morgan fingerprint density at radius 2 is 2.53 bits per heavy atom. The summed E-state index contributed by atoms with van der Waals surface area (Å²) in [6, 6.07) is 2.08. The van der Waals surface area contributed by atoms with Crippen molar-refractivity contribution in [3.63, 3.8) is 0 Å². The molecule has 1 saturated heterocycles. The molecule has 2 rings (SSSR count). The minimum absolute atomic E-state index is 0.170. The summed E-state index contributed by atoms with van der Waals surface area (Å²) >= 11 is 5.12. The number of thiophene rings is 1. The van der Waals surface area contributed by atoms with Crippen molar-refractivity contribution in [2.45, 2.75) is 25.9 Å². The van der Waals surface area contributed by atoms with Crippen LogP contribution >= 0.6 is 27.3 Å². The van der Waals surface area contributed by atoms with E-state index in [4.69, 9.17) is 4.74 Å². The zero-order valence-corrected chi connectivity index (χ0v) is 12.2. The molecule has 1 fully saturated rings. The summed E-state index contributed by atoms with van der Waals surface area (Å²) in [5.41, 5.74) is 0. The number of hydrogen-bond donors (Lipinski definition) is 0. The van der Waals surface area contributed by atoms with E-state index in [2.05, 4.69) is 27.4 Å². The van der Waals surface area contributed by atoms with Crippen molar-refractivity contribution in [2.24, 2.45) is 0 Å². The Hall–Kier alpha value is -0.390. The molecule has 0 radical (unpaired) electrons. The molecule has 1 aliphatic rings. The number of nitrogens with zero attached hydrogens (tertiary/aromatic N) is 1. The Bertz CT molecular complexity index is 394. The van der Waals surface area contributed by atoms with Crippen molar-refractivity contribution in [1.29, 1.82) is 0 Å². The molecule has 0 unspecified atom stereocenters. The van der Waals surface area contributed by atoms with Gasteiger partial charge >= 0.3 is 0 Å². The molecule has 0 spiro atoms. The fourth-order valence-electron chi connectivity index (χ4n) is 1.92. The summed E-state index contributed by atoms with van der Waals surface area (Å²) in [5, 5.41) is 2.05. The van der Waals surface area contributed by atoms with Gasteiger partial charge in [0.1, 0.15) is 0 Å². The van der Waals surface area contributed by atoms with Gasteiger partial charge in [-0.2, -0.15) is 0 Å². The van der Waals surface area contributed by atoms with Crippen molar-refractivity contribution in [3.8, 4) is 0 Å². The number of morpholine rings is 1. The highest BCUT2D eigenvalue weighted by Crippen LogP contribution is 2.21. The van der Waals surface area contributed by atoms with Crippen LogP contribution in [0.2, 0.25) is 0 Å². The number of rotatable bonds is 3. The van der Waals surface area contributed by atoms with Gasteiger partial charge in [0.15, 0.2) is 0 Å². The van der Waals surface area contributed by atoms with Gasteiger partial charge in [-0.3, -0.25) is 4.79 Å². The Balaban J connectivity index is 1.80. The lowest BCUT2D eigenvalue weighted by Crippen LogP contribution is -2.44. The first-order valence-electron chi connectivity index (χ1n) is 5.77. The van der Waals surface area contributed by atoms with Gasteiger partial charge in [0.05, 0.1) is 12.7 Å². The molecule has 1 amide bonds. The number of carbonyl (C=O) groups excluding carboxylic acids is 1. The van der Waals surface area contributed by atoms with Crippen molar-refractivity contribution < 1.29 is 9.53 Å². The van der Waals surface area contributed by atoms with Crippen LogP contribution in [0.3, 0.4) is 0 Å². The maximum absolute atomic E-state index is 12.0. The fraction of sp³-hybridized carbons (Fsp3) is 0.583. The van der Waals surface area contributed by atoms with E-state index >= 15 is 0 Å². The van der Waals surface area contributed by atoms with Crippen LogP contribution in [0.5, 0.6) is 0 Å². The average molecular weight is 318 g/mol. The molecule has 0 aliphatic carbocycles. The summed E-state index contributed by atoms with van der Waals surface area (Å²) in [6.07, 6.45) is 1.60. The molecule has 2 heterocycles. The zero-order valence-electron chi connectivity index (χ0n) is 9.82. The molecule has 1 aromatic rings. The van der Waals surface area contributed by atoms with Gasteiger partial charge in [-0.05, 0) is 35.3 Å². The molecule has 1 aliphatic heterocycles. The molecule has 1 atom stereocenters. The van der Waals surface area contributed by atoms with Crippen LogP contribution in [0, 0.1) is 0 Å². The summed E-state index contributed by atoms with van der Waals surface area (Å²) < 4.78 is 6.53. The number of halogens is 1. The Kier molecular flexibility index (Phi) is 4.59. The van der Waals surface area contributed by atoms with Crippen LogP contribution in [-0.2, 0) is 16.0 Å². The Morgan fingerprint density at radius 1 is 1.71 bits per heavy atom. The molecule has 1 aromatic heterocycles. The van der Waals surface area contributed by atoms with Crippen LogP contribution in [0.25, 0.3) is 0 Å². The smallest absolute Gasteiger partial charge is 0.223 e. The number of carbonyl (C=O) groups is 1. The summed E-state index contributed by atoms with van der Waals surface area (Å²) in [5.74, 6) is 0.240. The molecule has 0 saturated carbocycles. The van der Waals surface area contributed by atoms with Crippen molar-refractivity contribution >= 4 is 33.2 Å². The predicted octanol–water partition coefficient (Wildman–Crippen LogP) is 2.69. The standard InChI is InChI=1S/C12H16BrNO2S/c1-9-7-14(4-5-16-9)12(15)3-2-11-6-10(13)8-17-11/h6,8-9H,2-5,7H2,1H3/t9-/m0/s1. The highest BCUT2D eigenvalue weighted by Gasteiger charge is 2.20. The van der Waals surface area contributed by atoms with Crippen molar-refractivity contribution in [2.75, 3.05) is 19.7 Å². The number of amides is 1. The lowest BCUT2D eigenvalue weighted by Gasteiger charge is -2.31. The quantitative estimate of drug-likeness (QED) is 0.857. The van der Waals surface area contributed by atoms with E-state index < -0.39 is 0 Å². The summed E-state index contributed by atoms with van der Waals surface area (Å²) in [6.45, 7) is 4.14. The molecular formula is C12H16BrNO2S. The topological polar surface area (TPSA) is 29.5 Å². The monoisotopic (exact) mass is 317 g/mol. The first kappa shape index (κ1) is 13.1. The first-order valence-corrected chi connectivity index (χ1v) is 7.44. The van der Waals surface area contributed by atoms with Gasteiger partial charge in [0.2, 0.25) is 5.91 Å². The Labute approximate surface area is 114 Å². The van der Waals surface area contributed by atoms with Gasteiger partial charge in [-0.25, -0.2) is 0 Å². The van der Waals surface area contributed by atoms with E-state index in [0.29, 0.717) is 13.0 Å². The minimum Gasteiger partial charge on any atom is -0.375 e. The van der Waals surface area contributed by atoms with Crippen LogP contribution < -0.4 is 0 Å². The largest absolute Gasteiger partial charge is 0.375 e. The van der Waals surface area contributed by atoms with Crippen LogP contribution in [0.4, 0.5) is 0 Å². The summed E-state index contributed by atoms with van der Waals surface area (Å²) in [4.78, 5) is 15.2. The van der Waals surface area contributed by atoms with E-state index in [1.807, 2.05) is 11.8 Å². The van der Waals surface area contributed by atoms with Gasteiger partial charge in [-0.1, -0.05) is 0 Å². The van der Waals surface area contributed by atoms with E-state index in [9.17, 15) is 4.79 Å². The van der Waals surface area contributed by atoms with Gasteiger partial charge < -0.3 is 9.64 Å². The maximum Gasteiger partial charge on any atom is 0.223 e. The van der Waals surface area contributed by atoms with Crippen LogP contribution in [0.15, 0.2) is 15.9 Å². The third kappa shape index (κ3) is 3.79. The van der Waals surface area contributed by atoms with Gasteiger partial charge in [-0.15, -0.1) is 11.3 Å². The number of hydrogen-bond acceptors (Lipinski definition) is 3. The minimum atomic E-state index is 0.170. The second-order valence-corrected chi connectivity index (χ2v) is 6.16. The van der Waals surface area contributed by atoms with Gasteiger partial charge in [0, 0.05) is 34.2 Å². The molecule has 0 aromatic carbocycles. The van der Waals surface area contributed by atoms with Crippen LogP contribution in [0.1, 0.15) is 18.2 Å². The molecule has 0 N–H and O–H groups in total. The Morgan fingerprint density at radius 3 is 3.18 bits per heavy atom. The van der Waals surface area contributed by atoms with E-state index in [0.717, 1.165) is 24.0 Å². The van der Waals surface area contributed by atoms with E-state index in [1.54, 1.807) is 11.3 Å². The molecule has 0 bridgehead atoms. The number of aryl methyl sites for hydroxylation is 1. The van der Waals surface area contributed by atoms with E-state index in [-0.39, 0.29) is 12.0 Å². The zero-order chi connectivity index (χ0) is 12.3. The molecule has 17 heavy (non-hydrogen) atoms. The normalized spacial score (nSPS) is 20.6. The first-order chi connectivity index (χ1) is 8.15. The predicted molar refractivity (Wildman–Crippen MR) is 72.3 cm³/mol. The lowest BCUT2D eigenvalue weighted by atomic mass is 10.2. The second kappa shape index (κ2) is 5.98. The highest BCUT2D eigenvalue weighted by molar-refractivity contribution is 9.10. The third-order valence-electron chi connectivity index (χ3n) is 2.80. The fourth-order valence-corrected chi connectivity index (χ4v) is 3.37. The molecule has 5 heteroatoms. The average Bonchev–Trinajstić information content (AvgIpc) is 2.72. The molecular weight excluding hydrogens is 302 g/mol. The van der Waals surface area contributed by atoms with Crippen LogP contribution in [-0.4, -0.2) is 36.6 Å². The van der Waals surface area contributed by atoms with Gasteiger partial charge in [0.25, 0.3) is 0 Å². The number of ether oxygens (including phenoxy) is 1. The highest BCUT2D eigenvalue weighted by atomic mass is 79.9. The van der Waals surface area contributed by atoms with Crippen molar-refractivity contribution in [1.82, 2.24) is 4.90 Å². The third-order valence-corrected chi connectivity index (χ3v) is 4.56.